The van der Waals surface area contributed by atoms with E-state index in [2.05, 4.69) is 11.6 Å². The zero-order chi connectivity index (χ0) is 13.1. The molecule has 3 N–H and O–H groups in total. The Hall–Kier alpha value is -0.130. The van der Waals surface area contributed by atoms with E-state index >= 15 is 0 Å². The topological polar surface area (TPSA) is 72.2 Å². The van der Waals surface area contributed by atoms with E-state index in [9.17, 15) is 8.42 Å². The van der Waals surface area contributed by atoms with E-state index in [1.165, 1.54) is 0 Å². The van der Waals surface area contributed by atoms with Gasteiger partial charge in [-0.1, -0.05) is 6.92 Å². The lowest BCUT2D eigenvalue weighted by atomic mass is 9.79. The molecule has 1 fully saturated rings. The van der Waals surface area contributed by atoms with Crippen LogP contribution in [0.1, 0.15) is 46.5 Å². The van der Waals surface area contributed by atoms with Crippen LogP contribution in [0.2, 0.25) is 0 Å². The molecule has 4 nitrogen and oxygen atoms in total. The maximum Gasteiger partial charge on any atom is 0.213 e. The summed E-state index contributed by atoms with van der Waals surface area (Å²) in [5.41, 5.74) is 5.87. The molecule has 0 saturated heterocycles. The molecule has 0 aromatic heterocycles. The summed E-state index contributed by atoms with van der Waals surface area (Å²) >= 11 is 0. The van der Waals surface area contributed by atoms with Gasteiger partial charge in [-0.2, -0.15) is 0 Å². The molecule has 0 aromatic rings. The highest BCUT2D eigenvalue weighted by Gasteiger charge is 2.25. The molecule has 1 aliphatic carbocycles. The Kier molecular flexibility index (Phi) is 5.41. The van der Waals surface area contributed by atoms with Crippen molar-refractivity contribution in [2.45, 2.75) is 57.7 Å². The minimum Gasteiger partial charge on any atom is -0.328 e. The Labute approximate surface area is 105 Å². The van der Waals surface area contributed by atoms with Gasteiger partial charge in [-0.25, -0.2) is 13.1 Å². The standard InChI is InChI=1S/C12H26N2O2S/c1-9(2)17(15,16)14-8-10(3)11-4-6-12(13)7-5-11/h9-12,14H,4-8,13H2,1-3H3. The highest BCUT2D eigenvalue weighted by Crippen LogP contribution is 2.29. The van der Waals surface area contributed by atoms with Gasteiger partial charge in [0.15, 0.2) is 0 Å². The van der Waals surface area contributed by atoms with Crippen LogP contribution < -0.4 is 10.5 Å². The molecule has 1 aliphatic rings. The Balaban J connectivity index is 2.37. The number of sulfonamides is 1. The molecule has 0 spiro atoms. The van der Waals surface area contributed by atoms with E-state index in [-0.39, 0.29) is 5.25 Å². The van der Waals surface area contributed by atoms with Crippen LogP contribution in [-0.4, -0.2) is 26.3 Å². The SMILES string of the molecule is CC(CNS(=O)(=O)C(C)C)C1CCC(N)CC1. The fourth-order valence-electron chi connectivity index (χ4n) is 2.29. The van der Waals surface area contributed by atoms with E-state index in [4.69, 9.17) is 5.73 Å². The Morgan fingerprint density at radius 2 is 1.71 bits per heavy atom. The van der Waals surface area contributed by atoms with Gasteiger partial charge in [0.1, 0.15) is 0 Å². The first-order valence-electron chi connectivity index (χ1n) is 6.57. The Bertz CT molecular complexity index is 319. The van der Waals surface area contributed by atoms with Crippen LogP contribution in [0.3, 0.4) is 0 Å². The molecule has 0 radical (unpaired) electrons. The summed E-state index contributed by atoms with van der Waals surface area (Å²) in [6.45, 7) is 6.09. The summed E-state index contributed by atoms with van der Waals surface area (Å²) in [7, 11) is -3.12. The lowest BCUT2D eigenvalue weighted by molar-refractivity contribution is 0.247. The molecular formula is C12H26N2O2S. The van der Waals surface area contributed by atoms with Crippen molar-refractivity contribution in [1.82, 2.24) is 4.72 Å². The van der Waals surface area contributed by atoms with Crippen LogP contribution in [-0.2, 0) is 10.0 Å². The largest absolute Gasteiger partial charge is 0.328 e. The van der Waals surface area contributed by atoms with Crippen molar-refractivity contribution in [2.24, 2.45) is 17.6 Å². The smallest absolute Gasteiger partial charge is 0.213 e. The second-order valence-corrected chi connectivity index (χ2v) is 7.92. The Morgan fingerprint density at radius 1 is 1.18 bits per heavy atom. The third-order valence-corrected chi connectivity index (χ3v) is 5.66. The molecule has 0 aliphatic heterocycles. The van der Waals surface area contributed by atoms with E-state index in [1.54, 1.807) is 13.8 Å². The van der Waals surface area contributed by atoms with Crippen molar-refractivity contribution in [2.75, 3.05) is 6.54 Å². The van der Waals surface area contributed by atoms with E-state index < -0.39 is 10.0 Å². The summed E-state index contributed by atoms with van der Waals surface area (Å²) in [5, 5.41) is -0.352. The molecule has 5 heteroatoms. The third kappa shape index (κ3) is 4.56. The zero-order valence-corrected chi connectivity index (χ0v) is 12.0. The minimum atomic E-state index is -3.12. The first-order valence-corrected chi connectivity index (χ1v) is 8.11. The van der Waals surface area contributed by atoms with Crippen molar-refractivity contribution in [3.8, 4) is 0 Å². The van der Waals surface area contributed by atoms with Crippen LogP contribution in [0.25, 0.3) is 0 Å². The van der Waals surface area contributed by atoms with E-state index in [1.807, 2.05) is 0 Å². The summed E-state index contributed by atoms with van der Waals surface area (Å²) in [6, 6.07) is 0.353. The normalized spacial score (nSPS) is 28.3. The molecule has 0 heterocycles. The van der Waals surface area contributed by atoms with Crippen LogP contribution >= 0.6 is 0 Å². The fraction of sp³-hybridized carbons (Fsp3) is 1.00. The van der Waals surface area contributed by atoms with E-state index in [0.29, 0.717) is 24.4 Å². The lowest BCUT2D eigenvalue weighted by Gasteiger charge is -2.30. The fourth-order valence-corrected chi connectivity index (χ4v) is 3.12. The highest BCUT2D eigenvalue weighted by atomic mass is 32.2. The number of hydrogen-bond donors (Lipinski definition) is 2. The van der Waals surface area contributed by atoms with Gasteiger partial charge in [-0.3, -0.25) is 0 Å². The second-order valence-electron chi connectivity index (χ2n) is 5.59. The molecule has 0 aromatic carbocycles. The molecule has 0 amide bonds. The molecule has 1 atom stereocenters. The maximum absolute atomic E-state index is 11.6. The molecule has 1 unspecified atom stereocenters. The van der Waals surface area contributed by atoms with Crippen LogP contribution in [0, 0.1) is 11.8 Å². The minimum absolute atomic E-state index is 0.352. The summed E-state index contributed by atoms with van der Waals surface area (Å²) in [6.07, 6.45) is 4.41. The van der Waals surface area contributed by atoms with Crippen LogP contribution in [0.5, 0.6) is 0 Å². The molecular weight excluding hydrogens is 236 g/mol. The first kappa shape index (κ1) is 14.9. The Morgan fingerprint density at radius 3 is 2.18 bits per heavy atom. The van der Waals surface area contributed by atoms with Gasteiger partial charge in [0.25, 0.3) is 0 Å². The zero-order valence-electron chi connectivity index (χ0n) is 11.1. The molecule has 102 valence electrons. The summed E-state index contributed by atoms with van der Waals surface area (Å²) < 4.78 is 26.0. The quantitative estimate of drug-likeness (QED) is 0.788. The monoisotopic (exact) mass is 262 g/mol. The highest BCUT2D eigenvalue weighted by molar-refractivity contribution is 7.90. The molecule has 0 bridgehead atoms. The van der Waals surface area contributed by atoms with Crippen molar-refractivity contribution < 1.29 is 8.42 Å². The van der Waals surface area contributed by atoms with Crippen molar-refractivity contribution in [1.29, 1.82) is 0 Å². The van der Waals surface area contributed by atoms with Gasteiger partial charge in [0.2, 0.25) is 10.0 Å². The van der Waals surface area contributed by atoms with Crippen molar-refractivity contribution >= 4 is 10.0 Å². The van der Waals surface area contributed by atoms with Crippen LogP contribution in [0.15, 0.2) is 0 Å². The van der Waals surface area contributed by atoms with Gasteiger partial charge in [0, 0.05) is 12.6 Å². The average molecular weight is 262 g/mol. The summed E-state index contributed by atoms with van der Waals surface area (Å²) in [5.74, 6) is 1.01. The first-order chi connectivity index (χ1) is 7.83. The average Bonchev–Trinajstić information content (AvgIpc) is 2.27. The number of nitrogens with two attached hydrogens (primary N) is 1. The van der Waals surface area contributed by atoms with Gasteiger partial charge in [0.05, 0.1) is 5.25 Å². The van der Waals surface area contributed by atoms with Gasteiger partial charge in [-0.05, 0) is 51.4 Å². The number of rotatable bonds is 5. The molecule has 1 saturated carbocycles. The maximum atomic E-state index is 11.6. The predicted molar refractivity (Wildman–Crippen MR) is 71.2 cm³/mol. The van der Waals surface area contributed by atoms with Crippen molar-refractivity contribution in [3.63, 3.8) is 0 Å². The lowest BCUT2D eigenvalue weighted by Crippen LogP contribution is -2.37. The number of hydrogen-bond acceptors (Lipinski definition) is 3. The molecule has 1 rings (SSSR count). The van der Waals surface area contributed by atoms with Crippen LogP contribution in [0.4, 0.5) is 0 Å². The van der Waals surface area contributed by atoms with Gasteiger partial charge in [-0.15, -0.1) is 0 Å². The van der Waals surface area contributed by atoms with Crippen molar-refractivity contribution in [3.05, 3.63) is 0 Å². The molecule has 17 heavy (non-hydrogen) atoms. The second kappa shape index (κ2) is 6.16. The predicted octanol–water partition coefficient (Wildman–Crippen LogP) is 1.47. The van der Waals surface area contributed by atoms with Gasteiger partial charge < -0.3 is 5.73 Å². The number of nitrogens with one attached hydrogen (secondary N) is 1. The summed E-state index contributed by atoms with van der Waals surface area (Å²) in [4.78, 5) is 0. The third-order valence-electron chi connectivity index (χ3n) is 3.85. The van der Waals surface area contributed by atoms with E-state index in [0.717, 1.165) is 25.7 Å². The van der Waals surface area contributed by atoms with Gasteiger partial charge >= 0.3 is 0 Å².